The molecule has 1 aliphatic carbocycles. The second-order valence-corrected chi connectivity index (χ2v) is 5.89. The van der Waals surface area contributed by atoms with E-state index in [0.29, 0.717) is 0 Å². The fourth-order valence-electron chi connectivity index (χ4n) is 3.13. The number of hydrogen-bond acceptors (Lipinski definition) is 3. The van der Waals surface area contributed by atoms with E-state index in [9.17, 15) is 0 Å². The summed E-state index contributed by atoms with van der Waals surface area (Å²) in [6.07, 6.45) is 8.87. The quantitative estimate of drug-likeness (QED) is 0.767. The van der Waals surface area contributed by atoms with Gasteiger partial charge in [-0.1, -0.05) is 25.7 Å². The first kappa shape index (κ1) is 13.3. The Bertz CT molecular complexity index is 212. The molecule has 2 aliphatic rings. The van der Waals surface area contributed by atoms with Crippen LogP contribution in [0.4, 0.5) is 0 Å². The van der Waals surface area contributed by atoms with Gasteiger partial charge in [0.2, 0.25) is 0 Å². The van der Waals surface area contributed by atoms with E-state index in [1.54, 1.807) is 0 Å². The van der Waals surface area contributed by atoms with Gasteiger partial charge in [0, 0.05) is 25.7 Å². The van der Waals surface area contributed by atoms with Gasteiger partial charge < -0.3 is 10.5 Å². The molecule has 0 bridgehead atoms. The van der Waals surface area contributed by atoms with E-state index < -0.39 is 0 Å². The monoisotopic (exact) mass is 240 g/mol. The SMILES string of the molecule is CC(N)C1CN(CC2CCCCCC2)CCO1. The van der Waals surface area contributed by atoms with E-state index in [4.69, 9.17) is 10.5 Å². The second kappa shape index (κ2) is 6.72. The van der Waals surface area contributed by atoms with Crippen LogP contribution in [0.15, 0.2) is 0 Å². The summed E-state index contributed by atoms with van der Waals surface area (Å²) in [5, 5.41) is 0. The van der Waals surface area contributed by atoms with Gasteiger partial charge in [-0.05, 0) is 25.7 Å². The maximum atomic E-state index is 5.94. The van der Waals surface area contributed by atoms with Crippen LogP contribution in [0.5, 0.6) is 0 Å². The molecular weight excluding hydrogens is 212 g/mol. The van der Waals surface area contributed by atoms with E-state index in [1.165, 1.54) is 45.1 Å². The third-order valence-electron chi connectivity index (χ3n) is 4.26. The summed E-state index contributed by atoms with van der Waals surface area (Å²) >= 11 is 0. The predicted molar refractivity (Wildman–Crippen MR) is 71.0 cm³/mol. The molecule has 2 unspecified atom stereocenters. The minimum Gasteiger partial charge on any atom is -0.374 e. The summed E-state index contributed by atoms with van der Waals surface area (Å²) in [6.45, 7) is 6.32. The Labute approximate surface area is 106 Å². The number of hydrogen-bond donors (Lipinski definition) is 1. The summed E-state index contributed by atoms with van der Waals surface area (Å²) < 4.78 is 5.72. The Kier molecular flexibility index (Phi) is 5.26. The molecule has 0 aromatic rings. The highest BCUT2D eigenvalue weighted by atomic mass is 16.5. The minimum absolute atomic E-state index is 0.159. The number of nitrogens with two attached hydrogens (primary N) is 1. The van der Waals surface area contributed by atoms with E-state index in [-0.39, 0.29) is 12.1 Å². The third kappa shape index (κ3) is 4.23. The van der Waals surface area contributed by atoms with Crippen LogP contribution in [0.25, 0.3) is 0 Å². The zero-order chi connectivity index (χ0) is 12.1. The smallest absolute Gasteiger partial charge is 0.0850 e. The molecule has 0 amide bonds. The Hall–Kier alpha value is -0.120. The first-order chi connectivity index (χ1) is 8.25. The Morgan fingerprint density at radius 2 is 1.94 bits per heavy atom. The average Bonchev–Trinajstić information content (AvgIpc) is 2.58. The minimum atomic E-state index is 0.159. The van der Waals surface area contributed by atoms with Crippen LogP contribution >= 0.6 is 0 Å². The van der Waals surface area contributed by atoms with Crippen LogP contribution in [-0.2, 0) is 4.74 Å². The van der Waals surface area contributed by atoms with Gasteiger partial charge in [-0.2, -0.15) is 0 Å². The fourth-order valence-corrected chi connectivity index (χ4v) is 3.13. The van der Waals surface area contributed by atoms with E-state index in [1.807, 2.05) is 0 Å². The molecule has 1 heterocycles. The maximum Gasteiger partial charge on any atom is 0.0850 e. The molecule has 100 valence electrons. The van der Waals surface area contributed by atoms with Gasteiger partial charge in [-0.25, -0.2) is 0 Å². The lowest BCUT2D eigenvalue weighted by Gasteiger charge is -2.36. The lowest BCUT2D eigenvalue weighted by Crippen LogP contribution is -2.50. The van der Waals surface area contributed by atoms with Crippen molar-refractivity contribution < 1.29 is 4.74 Å². The van der Waals surface area contributed by atoms with Gasteiger partial charge in [0.1, 0.15) is 0 Å². The summed E-state index contributed by atoms with van der Waals surface area (Å²) in [6, 6.07) is 0.159. The van der Waals surface area contributed by atoms with Gasteiger partial charge in [-0.3, -0.25) is 4.90 Å². The van der Waals surface area contributed by atoms with Crippen molar-refractivity contribution in [1.82, 2.24) is 4.90 Å². The Balaban J connectivity index is 1.77. The van der Waals surface area contributed by atoms with Gasteiger partial charge in [0.25, 0.3) is 0 Å². The van der Waals surface area contributed by atoms with Crippen molar-refractivity contribution in [3.8, 4) is 0 Å². The van der Waals surface area contributed by atoms with Crippen LogP contribution in [0.1, 0.15) is 45.4 Å². The average molecular weight is 240 g/mol. The number of morpholine rings is 1. The molecule has 0 spiro atoms. The van der Waals surface area contributed by atoms with Gasteiger partial charge in [0.05, 0.1) is 12.7 Å². The van der Waals surface area contributed by atoms with Crippen molar-refractivity contribution in [2.24, 2.45) is 11.7 Å². The molecular formula is C14H28N2O. The number of ether oxygens (including phenoxy) is 1. The number of nitrogens with zero attached hydrogens (tertiary/aromatic N) is 1. The largest absolute Gasteiger partial charge is 0.374 e. The Morgan fingerprint density at radius 3 is 2.59 bits per heavy atom. The molecule has 0 aromatic carbocycles. The second-order valence-electron chi connectivity index (χ2n) is 5.89. The number of rotatable bonds is 3. The Morgan fingerprint density at radius 1 is 1.24 bits per heavy atom. The maximum absolute atomic E-state index is 5.94. The molecule has 2 fully saturated rings. The topological polar surface area (TPSA) is 38.5 Å². The van der Waals surface area contributed by atoms with Gasteiger partial charge in [-0.15, -0.1) is 0 Å². The highest BCUT2D eigenvalue weighted by molar-refractivity contribution is 4.79. The first-order valence-corrected chi connectivity index (χ1v) is 7.35. The summed E-state index contributed by atoms with van der Waals surface area (Å²) in [5.74, 6) is 0.921. The molecule has 1 saturated carbocycles. The van der Waals surface area contributed by atoms with Crippen molar-refractivity contribution in [2.45, 2.75) is 57.6 Å². The van der Waals surface area contributed by atoms with Crippen molar-refractivity contribution in [3.05, 3.63) is 0 Å². The van der Waals surface area contributed by atoms with E-state index in [2.05, 4.69) is 11.8 Å². The lowest BCUT2D eigenvalue weighted by atomic mass is 9.99. The molecule has 3 nitrogen and oxygen atoms in total. The molecule has 2 atom stereocenters. The highest BCUT2D eigenvalue weighted by Crippen LogP contribution is 2.24. The molecule has 0 radical (unpaired) electrons. The van der Waals surface area contributed by atoms with Crippen LogP contribution in [0.2, 0.25) is 0 Å². The standard InChI is InChI=1S/C14H28N2O/c1-12(15)14-11-16(8-9-17-14)10-13-6-4-2-3-5-7-13/h12-14H,2-11,15H2,1H3. The predicted octanol–water partition coefficient (Wildman–Crippen LogP) is 2.00. The highest BCUT2D eigenvalue weighted by Gasteiger charge is 2.25. The van der Waals surface area contributed by atoms with Crippen LogP contribution in [-0.4, -0.2) is 43.3 Å². The van der Waals surface area contributed by atoms with Crippen LogP contribution < -0.4 is 5.73 Å². The van der Waals surface area contributed by atoms with Crippen molar-refractivity contribution >= 4 is 0 Å². The zero-order valence-corrected chi connectivity index (χ0v) is 11.2. The molecule has 1 aliphatic heterocycles. The van der Waals surface area contributed by atoms with Crippen LogP contribution in [0, 0.1) is 5.92 Å². The fraction of sp³-hybridized carbons (Fsp3) is 1.00. The van der Waals surface area contributed by atoms with Crippen molar-refractivity contribution in [1.29, 1.82) is 0 Å². The van der Waals surface area contributed by atoms with E-state index in [0.717, 1.165) is 25.6 Å². The molecule has 0 aromatic heterocycles. The van der Waals surface area contributed by atoms with E-state index >= 15 is 0 Å². The molecule has 1 saturated heterocycles. The first-order valence-electron chi connectivity index (χ1n) is 7.35. The van der Waals surface area contributed by atoms with Gasteiger partial charge in [0.15, 0.2) is 0 Å². The van der Waals surface area contributed by atoms with Crippen LogP contribution in [0.3, 0.4) is 0 Å². The molecule has 3 heteroatoms. The summed E-state index contributed by atoms with van der Waals surface area (Å²) in [7, 11) is 0. The molecule has 2 rings (SSSR count). The van der Waals surface area contributed by atoms with Crippen molar-refractivity contribution in [2.75, 3.05) is 26.2 Å². The van der Waals surface area contributed by atoms with Gasteiger partial charge >= 0.3 is 0 Å². The summed E-state index contributed by atoms with van der Waals surface area (Å²) in [5.41, 5.74) is 5.94. The normalized spacial score (nSPS) is 31.1. The summed E-state index contributed by atoms with van der Waals surface area (Å²) in [4.78, 5) is 2.58. The third-order valence-corrected chi connectivity index (χ3v) is 4.26. The lowest BCUT2D eigenvalue weighted by molar-refractivity contribution is -0.0422. The zero-order valence-electron chi connectivity index (χ0n) is 11.2. The molecule has 17 heavy (non-hydrogen) atoms. The molecule has 2 N–H and O–H groups in total. The van der Waals surface area contributed by atoms with Crippen molar-refractivity contribution in [3.63, 3.8) is 0 Å².